The molecule has 0 aliphatic carbocycles. The first kappa shape index (κ1) is 35.3. The van der Waals surface area contributed by atoms with Gasteiger partial charge in [-0.2, -0.15) is 0 Å². The van der Waals surface area contributed by atoms with Crippen molar-refractivity contribution in [3.63, 3.8) is 0 Å². The second kappa shape index (κ2) is 16.9. The normalized spacial score (nSPS) is 22.2. The molecule has 5 rings (SSSR count). The summed E-state index contributed by atoms with van der Waals surface area (Å²) < 4.78 is 17.9. The quantitative estimate of drug-likeness (QED) is 0.131. The number of likely N-dealkylation sites (tertiary alicyclic amines) is 1. The number of ether oxygens (including phenoxy) is 3. The predicted molar refractivity (Wildman–Crippen MR) is 187 cm³/mol. The zero-order valence-electron chi connectivity index (χ0n) is 28.6. The number of unbranched alkanes of at least 4 members (excludes halogenated alkanes) is 5. The van der Waals surface area contributed by atoms with Gasteiger partial charge in [0.05, 0.1) is 26.4 Å². The molecular formula is C40H50N2O6. The molecule has 3 aromatic rings. The molecule has 48 heavy (non-hydrogen) atoms. The maximum absolute atomic E-state index is 14.3. The molecule has 8 heteroatoms. The van der Waals surface area contributed by atoms with Crippen LogP contribution in [0.4, 0.5) is 0 Å². The molecule has 4 atom stereocenters. The van der Waals surface area contributed by atoms with E-state index in [1.165, 1.54) is 13.5 Å². The molecule has 8 nitrogen and oxygen atoms in total. The van der Waals surface area contributed by atoms with E-state index in [0.717, 1.165) is 54.0 Å². The average molecular weight is 655 g/mol. The number of rotatable bonds is 16. The molecule has 0 aromatic heterocycles. The molecule has 0 spiro atoms. The van der Waals surface area contributed by atoms with Crippen LogP contribution in [0.3, 0.4) is 0 Å². The fourth-order valence-electron chi connectivity index (χ4n) is 7.23. The van der Waals surface area contributed by atoms with Gasteiger partial charge >= 0.3 is 5.97 Å². The first-order valence-corrected chi connectivity index (χ1v) is 17.5. The number of benzene rings is 3. The number of hydrogen-bond donors (Lipinski definition) is 1. The maximum atomic E-state index is 14.3. The lowest BCUT2D eigenvalue weighted by Gasteiger charge is -2.51. The van der Waals surface area contributed by atoms with Crippen LogP contribution in [0.25, 0.3) is 10.8 Å². The molecule has 0 saturated carbocycles. The average Bonchev–Trinajstić information content (AvgIpc) is 3.10. The highest BCUT2D eigenvalue weighted by atomic mass is 16.5. The number of nitrogens with one attached hydrogen (secondary N) is 1. The third kappa shape index (κ3) is 8.16. The number of piperidine rings is 1. The molecule has 2 amide bonds. The number of esters is 1. The smallest absolute Gasteiger partial charge is 0.320 e. The minimum Gasteiger partial charge on any atom is -0.468 e. The van der Waals surface area contributed by atoms with E-state index >= 15 is 0 Å². The van der Waals surface area contributed by atoms with Crippen LogP contribution in [-0.4, -0.2) is 55.2 Å². The molecule has 0 bridgehead atoms. The summed E-state index contributed by atoms with van der Waals surface area (Å²) in [6.07, 6.45) is 7.32. The van der Waals surface area contributed by atoms with E-state index in [-0.39, 0.29) is 31.3 Å². The Hall–Kier alpha value is -4.01. The monoisotopic (exact) mass is 654 g/mol. The summed E-state index contributed by atoms with van der Waals surface area (Å²) in [5, 5.41) is 5.22. The van der Waals surface area contributed by atoms with Crippen molar-refractivity contribution >= 4 is 28.6 Å². The van der Waals surface area contributed by atoms with Crippen molar-refractivity contribution in [2.45, 2.75) is 90.6 Å². The van der Waals surface area contributed by atoms with Gasteiger partial charge in [-0.15, -0.1) is 0 Å². The highest BCUT2D eigenvalue weighted by Crippen LogP contribution is 2.50. The van der Waals surface area contributed by atoms with E-state index < -0.39 is 29.5 Å². The number of hydrogen-bond acceptors (Lipinski definition) is 6. The maximum Gasteiger partial charge on any atom is 0.320 e. The molecule has 2 aliphatic rings. The van der Waals surface area contributed by atoms with Crippen molar-refractivity contribution in [2.75, 3.05) is 20.3 Å². The topological polar surface area (TPSA) is 94.2 Å². The van der Waals surface area contributed by atoms with E-state index in [0.29, 0.717) is 25.4 Å². The van der Waals surface area contributed by atoms with Gasteiger partial charge in [0.1, 0.15) is 11.5 Å². The standard InChI is InChI=1S/C40H50N2O6/c1-4-5-6-7-8-14-22-42-36-24-34(28-47-27-30-16-10-9-11-17-30)48-29(2)40(36,39(45)46-3)25-33(38(42)44)23-37(43)41-26-32-20-15-19-31-18-12-13-21-35(31)32/h9-13,15-21,24,29,33-34H,4-8,14,22-23,25-28H2,1-3H3,(H,41,43)/t29-,33+,34-,40+/m1/s1. The number of fused-ring (bicyclic) bond motifs is 2. The fraction of sp³-hybridized carbons (Fsp3) is 0.475. The molecule has 1 fully saturated rings. The third-order valence-corrected chi connectivity index (χ3v) is 9.81. The minimum atomic E-state index is -1.22. The van der Waals surface area contributed by atoms with Crippen LogP contribution in [0.1, 0.15) is 76.3 Å². The third-order valence-electron chi connectivity index (χ3n) is 9.81. The lowest BCUT2D eigenvalue weighted by molar-refractivity contribution is -0.178. The Bertz CT molecular complexity index is 1570. The summed E-state index contributed by atoms with van der Waals surface area (Å²) in [6.45, 7) is 5.57. The van der Waals surface area contributed by atoms with Gasteiger partial charge in [-0.25, -0.2) is 0 Å². The molecule has 256 valence electrons. The Morgan fingerprint density at radius 3 is 2.48 bits per heavy atom. The molecule has 0 radical (unpaired) electrons. The lowest BCUT2D eigenvalue weighted by atomic mass is 9.66. The highest BCUT2D eigenvalue weighted by molar-refractivity contribution is 5.93. The van der Waals surface area contributed by atoms with Gasteiger partial charge in [0, 0.05) is 31.1 Å². The summed E-state index contributed by atoms with van der Waals surface area (Å²) in [7, 11) is 1.37. The SMILES string of the molecule is CCCCCCCCN1C(=O)[C@@H](CC(=O)NCc2cccc3ccccc23)C[C@@]2(C(=O)OC)C1=C[C@H](COCc1ccccc1)O[C@@H]2C. The summed E-state index contributed by atoms with van der Waals surface area (Å²) in [4.78, 5) is 43.3. The summed E-state index contributed by atoms with van der Waals surface area (Å²) in [5.41, 5.74) is 1.46. The van der Waals surface area contributed by atoms with E-state index in [2.05, 4.69) is 12.2 Å². The van der Waals surface area contributed by atoms with E-state index in [1.54, 1.807) is 4.90 Å². The van der Waals surface area contributed by atoms with Gasteiger partial charge in [0.15, 0.2) is 0 Å². The molecule has 3 aromatic carbocycles. The summed E-state index contributed by atoms with van der Waals surface area (Å²) in [6, 6.07) is 24.0. The fourth-order valence-corrected chi connectivity index (χ4v) is 7.23. The lowest BCUT2D eigenvalue weighted by Crippen LogP contribution is -2.60. The van der Waals surface area contributed by atoms with Crippen molar-refractivity contribution < 1.29 is 28.6 Å². The first-order valence-electron chi connectivity index (χ1n) is 17.5. The Balaban J connectivity index is 1.35. The van der Waals surface area contributed by atoms with Crippen molar-refractivity contribution in [3.05, 3.63) is 95.7 Å². The van der Waals surface area contributed by atoms with Crippen molar-refractivity contribution in [1.82, 2.24) is 10.2 Å². The Kier molecular flexibility index (Phi) is 12.4. The number of carbonyl (C=O) groups is 3. The summed E-state index contributed by atoms with van der Waals surface area (Å²) in [5.74, 6) is -1.52. The molecule has 2 heterocycles. The Morgan fingerprint density at radius 2 is 1.69 bits per heavy atom. The second-order valence-electron chi connectivity index (χ2n) is 13.1. The van der Waals surface area contributed by atoms with Crippen LogP contribution in [0, 0.1) is 11.3 Å². The van der Waals surface area contributed by atoms with Gasteiger partial charge in [0.25, 0.3) is 0 Å². The second-order valence-corrected chi connectivity index (χ2v) is 13.1. The number of nitrogens with zero attached hydrogens (tertiary/aromatic N) is 1. The van der Waals surface area contributed by atoms with Crippen LogP contribution < -0.4 is 5.32 Å². The minimum absolute atomic E-state index is 0.0288. The number of amides is 2. The Morgan fingerprint density at radius 1 is 0.958 bits per heavy atom. The van der Waals surface area contributed by atoms with Crippen LogP contribution in [0.2, 0.25) is 0 Å². The molecule has 1 saturated heterocycles. The zero-order chi connectivity index (χ0) is 33.9. The van der Waals surface area contributed by atoms with E-state index in [9.17, 15) is 14.4 Å². The predicted octanol–water partition coefficient (Wildman–Crippen LogP) is 7.10. The number of carbonyl (C=O) groups excluding carboxylic acids is 3. The molecule has 1 N–H and O–H groups in total. The van der Waals surface area contributed by atoms with Gasteiger partial charge in [0.2, 0.25) is 11.8 Å². The van der Waals surface area contributed by atoms with Crippen molar-refractivity contribution in [3.8, 4) is 0 Å². The first-order chi connectivity index (χ1) is 23.4. The molecule has 0 unspecified atom stereocenters. The van der Waals surface area contributed by atoms with E-state index in [4.69, 9.17) is 14.2 Å². The molecular weight excluding hydrogens is 604 g/mol. The van der Waals surface area contributed by atoms with Gasteiger partial charge in [-0.05, 0) is 47.7 Å². The van der Waals surface area contributed by atoms with Crippen LogP contribution in [-0.2, 0) is 41.7 Å². The van der Waals surface area contributed by atoms with Gasteiger partial charge in [-0.3, -0.25) is 14.4 Å². The highest BCUT2D eigenvalue weighted by Gasteiger charge is 2.59. The van der Waals surface area contributed by atoms with Crippen molar-refractivity contribution in [1.29, 1.82) is 0 Å². The molecule has 2 aliphatic heterocycles. The van der Waals surface area contributed by atoms with Crippen molar-refractivity contribution in [2.24, 2.45) is 11.3 Å². The van der Waals surface area contributed by atoms with Gasteiger partial charge in [-0.1, -0.05) is 112 Å². The Labute approximate surface area is 284 Å². The zero-order valence-corrected chi connectivity index (χ0v) is 28.6. The largest absolute Gasteiger partial charge is 0.468 e. The van der Waals surface area contributed by atoms with Crippen LogP contribution in [0.15, 0.2) is 84.6 Å². The number of methoxy groups -OCH3 is 1. The van der Waals surface area contributed by atoms with Gasteiger partial charge < -0.3 is 24.4 Å². The summed E-state index contributed by atoms with van der Waals surface area (Å²) >= 11 is 0. The van der Waals surface area contributed by atoms with Crippen LogP contribution >= 0.6 is 0 Å². The van der Waals surface area contributed by atoms with E-state index in [1.807, 2.05) is 85.8 Å². The van der Waals surface area contributed by atoms with Crippen LogP contribution in [0.5, 0.6) is 0 Å².